The van der Waals surface area contributed by atoms with E-state index in [9.17, 15) is 15.0 Å². The zero-order chi connectivity index (χ0) is 22.5. The van der Waals surface area contributed by atoms with Crippen molar-refractivity contribution in [2.45, 2.75) is 57.3 Å². The van der Waals surface area contributed by atoms with Gasteiger partial charge in [0.2, 0.25) is 0 Å². The average molecular weight is 453 g/mol. The first-order chi connectivity index (χ1) is 15.0. The highest BCUT2D eigenvalue weighted by molar-refractivity contribution is 6.30. The SMILES string of the molecule is CCCOC(=O)CC/C=C\CC[C@H]1[C@@H](O)CO[C@@H]1/C=C/[C@@H](O)COc1cccc(Cl)c1. The number of halogens is 1. The second-order valence-corrected chi connectivity index (χ2v) is 7.99. The molecule has 0 spiro atoms. The van der Waals surface area contributed by atoms with Crippen LogP contribution in [0.25, 0.3) is 0 Å². The van der Waals surface area contributed by atoms with Crippen LogP contribution in [0.4, 0.5) is 0 Å². The molecular formula is C24H33ClO6. The molecule has 0 aliphatic carbocycles. The molecule has 172 valence electrons. The highest BCUT2D eigenvalue weighted by Gasteiger charge is 2.33. The van der Waals surface area contributed by atoms with Crippen LogP contribution in [-0.4, -0.2) is 54.3 Å². The second kappa shape index (κ2) is 14.2. The van der Waals surface area contributed by atoms with Gasteiger partial charge in [-0.15, -0.1) is 0 Å². The number of hydrogen-bond acceptors (Lipinski definition) is 6. The Morgan fingerprint density at radius 2 is 2.16 bits per heavy atom. The monoisotopic (exact) mass is 452 g/mol. The third kappa shape index (κ3) is 9.87. The minimum absolute atomic E-state index is 0.0449. The number of esters is 1. The molecule has 1 aliphatic heterocycles. The molecule has 31 heavy (non-hydrogen) atoms. The molecule has 1 saturated heterocycles. The van der Waals surface area contributed by atoms with E-state index >= 15 is 0 Å². The highest BCUT2D eigenvalue weighted by atomic mass is 35.5. The molecular weight excluding hydrogens is 420 g/mol. The molecule has 0 aromatic heterocycles. The Morgan fingerprint density at radius 1 is 1.35 bits per heavy atom. The zero-order valence-electron chi connectivity index (χ0n) is 18.0. The van der Waals surface area contributed by atoms with Crippen molar-refractivity contribution in [3.05, 3.63) is 53.6 Å². The fourth-order valence-corrected chi connectivity index (χ4v) is 3.46. The number of allylic oxidation sites excluding steroid dienone is 2. The van der Waals surface area contributed by atoms with Gasteiger partial charge in [-0.05, 0) is 43.9 Å². The molecule has 1 aliphatic rings. The highest BCUT2D eigenvalue weighted by Crippen LogP contribution is 2.27. The maximum Gasteiger partial charge on any atom is 0.306 e. The van der Waals surface area contributed by atoms with E-state index < -0.39 is 12.2 Å². The van der Waals surface area contributed by atoms with Crippen molar-refractivity contribution in [1.82, 2.24) is 0 Å². The number of carbonyl (C=O) groups is 1. The van der Waals surface area contributed by atoms with Crippen LogP contribution in [0.3, 0.4) is 0 Å². The molecule has 1 heterocycles. The first-order valence-electron chi connectivity index (χ1n) is 10.8. The van der Waals surface area contributed by atoms with Crippen LogP contribution in [0, 0.1) is 5.92 Å². The summed E-state index contributed by atoms with van der Waals surface area (Å²) in [5.74, 6) is 0.376. The number of benzene rings is 1. The summed E-state index contributed by atoms with van der Waals surface area (Å²) < 4.78 is 16.2. The first kappa shape index (κ1) is 25.4. The summed E-state index contributed by atoms with van der Waals surface area (Å²) in [6, 6.07) is 7.00. The van der Waals surface area contributed by atoms with Gasteiger partial charge in [-0.25, -0.2) is 0 Å². The van der Waals surface area contributed by atoms with Crippen molar-refractivity contribution >= 4 is 17.6 Å². The molecule has 2 rings (SSSR count). The number of ether oxygens (including phenoxy) is 3. The predicted octanol–water partition coefficient (Wildman–Crippen LogP) is 4.08. The second-order valence-electron chi connectivity index (χ2n) is 7.56. The quantitative estimate of drug-likeness (QED) is 0.346. The molecule has 0 unspecified atom stereocenters. The summed E-state index contributed by atoms with van der Waals surface area (Å²) in [4.78, 5) is 11.5. The maximum atomic E-state index is 11.5. The number of hydrogen-bond donors (Lipinski definition) is 2. The zero-order valence-corrected chi connectivity index (χ0v) is 18.7. The van der Waals surface area contributed by atoms with Crippen LogP contribution in [0.15, 0.2) is 48.6 Å². The van der Waals surface area contributed by atoms with Gasteiger partial charge in [0.15, 0.2) is 0 Å². The summed E-state index contributed by atoms with van der Waals surface area (Å²) in [6.07, 6.45) is 9.22. The Balaban J connectivity index is 1.70. The van der Waals surface area contributed by atoms with Crippen LogP contribution in [0.2, 0.25) is 5.02 Å². The van der Waals surface area contributed by atoms with Crippen molar-refractivity contribution in [1.29, 1.82) is 0 Å². The molecule has 4 atom stereocenters. The fourth-order valence-electron chi connectivity index (χ4n) is 3.28. The minimum Gasteiger partial charge on any atom is -0.491 e. The van der Waals surface area contributed by atoms with Crippen LogP contribution < -0.4 is 4.74 Å². The van der Waals surface area contributed by atoms with E-state index in [0.29, 0.717) is 30.2 Å². The van der Waals surface area contributed by atoms with E-state index in [2.05, 4.69) is 0 Å². The van der Waals surface area contributed by atoms with E-state index in [1.54, 1.807) is 36.4 Å². The lowest BCUT2D eigenvalue weighted by atomic mass is 9.93. The van der Waals surface area contributed by atoms with Gasteiger partial charge in [-0.2, -0.15) is 0 Å². The van der Waals surface area contributed by atoms with Gasteiger partial charge in [-0.1, -0.05) is 48.9 Å². The minimum atomic E-state index is -0.798. The van der Waals surface area contributed by atoms with E-state index in [1.165, 1.54) is 0 Å². The van der Waals surface area contributed by atoms with E-state index in [1.807, 2.05) is 19.1 Å². The topological polar surface area (TPSA) is 85.2 Å². The van der Waals surface area contributed by atoms with Crippen molar-refractivity contribution in [2.24, 2.45) is 5.92 Å². The molecule has 6 nitrogen and oxygen atoms in total. The summed E-state index contributed by atoms with van der Waals surface area (Å²) in [6.45, 7) is 2.81. The van der Waals surface area contributed by atoms with Gasteiger partial charge in [-0.3, -0.25) is 4.79 Å². The molecule has 7 heteroatoms. The van der Waals surface area contributed by atoms with Gasteiger partial charge >= 0.3 is 5.97 Å². The van der Waals surface area contributed by atoms with Crippen molar-refractivity contribution in [3.63, 3.8) is 0 Å². The van der Waals surface area contributed by atoms with E-state index in [-0.39, 0.29) is 31.2 Å². The Hall–Kier alpha value is -1.86. The van der Waals surface area contributed by atoms with Crippen molar-refractivity contribution in [3.8, 4) is 5.75 Å². The summed E-state index contributed by atoms with van der Waals surface area (Å²) in [7, 11) is 0. The normalized spacial score (nSPS) is 22.3. The largest absolute Gasteiger partial charge is 0.491 e. The van der Waals surface area contributed by atoms with Crippen LogP contribution in [0.5, 0.6) is 5.75 Å². The lowest BCUT2D eigenvalue weighted by molar-refractivity contribution is -0.143. The van der Waals surface area contributed by atoms with Crippen LogP contribution >= 0.6 is 11.6 Å². The van der Waals surface area contributed by atoms with E-state index in [4.69, 9.17) is 25.8 Å². The Bertz CT molecular complexity index is 720. The fraction of sp³-hybridized carbons (Fsp3) is 0.542. The van der Waals surface area contributed by atoms with Gasteiger partial charge in [0.25, 0.3) is 0 Å². The van der Waals surface area contributed by atoms with E-state index in [0.717, 1.165) is 19.3 Å². The third-order valence-electron chi connectivity index (χ3n) is 4.93. The number of rotatable bonds is 13. The Kier molecular flexibility index (Phi) is 11.7. The number of aliphatic hydroxyl groups excluding tert-OH is 2. The van der Waals surface area contributed by atoms with Crippen molar-refractivity contribution in [2.75, 3.05) is 19.8 Å². The third-order valence-corrected chi connectivity index (χ3v) is 5.17. The predicted molar refractivity (Wildman–Crippen MR) is 120 cm³/mol. The molecule has 0 bridgehead atoms. The molecule has 1 aromatic rings. The molecule has 0 amide bonds. The average Bonchev–Trinajstić information content (AvgIpc) is 3.11. The molecule has 2 N–H and O–H groups in total. The molecule has 0 saturated carbocycles. The molecule has 0 radical (unpaired) electrons. The van der Waals surface area contributed by atoms with Gasteiger partial charge in [0.1, 0.15) is 18.5 Å². The lowest BCUT2D eigenvalue weighted by Crippen LogP contribution is -2.23. The molecule has 1 aromatic carbocycles. The summed E-state index contributed by atoms with van der Waals surface area (Å²) in [5, 5.41) is 20.9. The van der Waals surface area contributed by atoms with Crippen LogP contribution in [0.1, 0.15) is 39.0 Å². The van der Waals surface area contributed by atoms with Crippen molar-refractivity contribution < 1.29 is 29.2 Å². The summed E-state index contributed by atoms with van der Waals surface area (Å²) >= 11 is 5.92. The summed E-state index contributed by atoms with van der Waals surface area (Å²) in [5.41, 5.74) is 0. The number of aliphatic hydroxyl groups is 2. The number of carbonyl (C=O) groups excluding carboxylic acids is 1. The standard InChI is InChI=1S/C24H33ClO6/c1-2-14-29-24(28)11-6-4-3-5-10-21-22(27)17-31-23(21)13-12-19(26)16-30-20-9-7-8-18(25)15-20/h3-4,7-9,12-13,15,19,21-23,26-27H,2,5-6,10-11,14,16-17H2,1H3/b4-3-,13-12+/t19-,21+,22+,23-/m1/s1. The van der Waals surface area contributed by atoms with Crippen LogP contribution in [-0.2, 0) is 14.3 Å². The maximum absolute atomic E-state index is 11.5. The lowest BCUT2D eigenvalue weighted by Gasteiger charge is -2.17. The van der Waals surface area contributed by atoms with Gasteiger partial charge in [0, 0.05) is 17.4 Å². The van der Waals surface area contributed by atoms with Gasteiger partial charge in [0.05, 0.1) is 25.4 Å². The molecule has 1 fully saturated rings. The first-order valence-corrected chi connectivity index (χ1v) is 11.2. The smallest absolute Gasteiger partial charge is 0.306 e. The Labute approximate surface area is 189 Å². The Morgan fingerprint density at radius 3 is 2.94 bits per heavy atom. The van der Waals surface area contributed by atoms with Gasteiger partial charge < -0.3 is 24.4 Å².